The second-order valence-corrected chi connectivity index (χ2v) is 4.35. The molecule has 0 aliphatic rings. The number of hydrogen-bond donors (Lipinski definition) is 2. The number of ether oxygens (including phenoxy) is 1. The third kappa shape index (κ3) is 2.89. The van der Waals surface area contributed by atoms with Gasteiger partial charge in [0.2, 0.25) is 0 Å². The summed E-state index contributed by atoms with van der Waals surface area (Å²) in [6.45, 7) is 1.72. The van der Waals surface area contributed by atoms with Crippen LogP contribution in [0.2, 0.25) is 0 Å². The molecule has 0 saturated carbocycles. The Morgan fingerprint density at radius 3 is 2.61 bits per heavy atom. The molecule has 1 unspecified atom stereocenters. The first-order valence-electron chi connectivity index (χ1n) is 5.32. The first kappa shape index (κ1) is 14.2. The van der Waals surface area contributed by atoms with Crippen molar-refractivity contribution in [2.75, 3.05) is 14.2 Å². The molecule has 1 aromatic carbocycles. The average molecular weight is 268 g/mol. The summed E-state index contributed by atoms with van der Waals surface area (Å²) in [5.74, 6) is -0.00844. The van der Waals surface area contributed by atoms with Gasteiger partial charge in [-0.2, -0.15) is 0 Å². The first-order chi connectivity index (χ1) is 8.38. The smallest absolute Gasteiger partial charge is 0.257 e. The predicted octanol–water partition coefficient (Wildman–Crippen LogP) is 1.15. The lowest BCUT2D eigenvalue weighted by Crippen LogP contribution is -2.42. The van der Waals surface area contributed by atoms with Gasteiger partial charge >= 0.3 is 0 Å². The number of aromatic hydroxyl groups is 1. The van der Waals surface area contributed by atoms with Gasteiger partial charge in [-0.15, -0.1) is 0 Å². The standard InChI is InChI=1S/C12H16N2O3S/c1-7(11(13)18)14(2)12(16)9-5-4-8(17-3)6-10(9)15/h4-7,15H,1-3H3,(H2,13,18). The van der Waals surface area contributed by atoms with Gasteiger partial charge in [0.05, 0.1) is 23.7 Å². The average Bonchev–Trinajstić information content (AvgIpc) is 2.35. The molecule has 6 heteroatoms. The van der Waals surface area contributed by atoms with E-state index in [1.165, 1.54) is 24.1 Å². The molecule has 5 nitrogen and oxygen atoms in total. The normalized spacial score (nSPS) is 11.7. The third-order valence-corrected chi connectivity index (χ3v) is 3.09. The fourth-order valence-corrected chi connectivity index (χ4v) is 1.53. The van der Waals surface area contributed by atoms with Crippen LogP contribution in [-0.2, 0) is 0 Å². The van der Waals surface area contributed by atoms with Gasteiger partial charge in [0.15, 0.2) is 0 Å². The largest absolute Gasteiger partial charge is 0.507 e. The zero-order valence-electron chi connectivity index (χ0n) is 10.5. The number of phenols is 1. The van der Waals surface area contributed by atoms with Crippen molar-refractivity contribution in [1.29, 1.82) is 0 Å². The minimum Gasteiger partial charge on any atom is -0.507 e. The van der Waals surface area contributed by atoms with E-state index in [1.807, 2.05) is 0 Å². The van der Waals surface area contributed by atoms with Crippen molar-refractivity contribution in [3.8, 4) is 11.5 Å². The predicted molar refractivity (Wildman–Crippen MR) is 73.0 cm³/mol. The molecular weight excluding hydrogens is 252 g/mol. The molecule has 0 heterocycles. The van der Waals surface area contributed by atoms with Crippen LogP contribution in [0.4, 0.5) is 0 Å². The zero-order chi connectivity index (χ0) is 13.9. The minimum absolute atomic E-state index is 0.138. The van der Waals surface area contributed by atoms with Crippen LogP contribution >= 0.6 is 12.2 Å². The quantitative estimate of drug-likeness (QED) is 0.801. The molecule has 0 aromatic heterocycles. The van der Waals surface area contributed by atoms with Crippen molar-refractivity contribution < 1.29 is 14.6 Å². The number of amides is 1. The van der Waals surface area contributed by atoms with E-state index in [1.54, 1.807) is 20.0 Å². The van der Waals surface area contributed by atoms with E-state index in [2.05, 4.69) is 0 Å². The summed E-state index contributed by atoms with van der Waals surface area (Å²) >= 11 is 4.84. The Balaban J connectivity index is 3.00. The number of hydrogen-bond acceptors (Lipinski definition) is 4. The number of likely N-dealkylation sites (N-methyl/N-ethyl adjacent to an activating group) is 1. The molecule has 0 radical (unpaired) electrons. The summed E-state index contributed by atoms with van der Waals surface area (Å²) < 4.78 is 4.95. The number of nitrogens with two attached hydrogens (primary N) is 1. The highest BCUT2D eigenvalue weighted by molar-refractivity contribution is 7.80. The zero-order valence-corrected chi connectivity index (χ0v) is 11.3. The number of carbonyl (C=O) groups excluding carboxylic acids is 1. The van der Waals surface area contributed by atoms with Crippen LogP contribution in [0.3, 0.4) is 0 Å². The van der Waals surface area contributed by atoms with Crippen molar-refractivity contribution in [2.24, 2.45) is 5.73 Å². The Kier molecular flexibility index (Phi) is 4.49. The molecule has 18 heavy (non-hydrogen) atoms. The monoisotopic (exact) mass is 268 g/mol. The lowest BCUT2D eigenvalue weighted by Gasteiger charge is -2.24. The third-order valence-electron chi connectivity index (χ3n) is 2.75. The van der Waals surface area contributed by atoms with E-state index in [9.17, 15) is 9.90 Å². The van der Waals surface area contributed by atoms with Crippen LogP contribution in [0, 0.1) is 0 Å². The van der Waals surface area contributed by atoms with E-state index in [0.29, 0.717) is 5.75 Å². The van der Waals surface area contributed by atoms with E-state index in [4.69, 9.17) is 22.7 Å². The van der Waals surface area contributed by atoms with E-state index in [0.717, 1.165) is 0 Å². The molecule has 1 atom stereocenters. The summed E-state index contributed by atoms with van der Waals surface area (Å²) in [5.41, 5.74) is 5.67. The minimum atomic E-state index is -0.381. The summed E-state index contributed by atoms with van der Waals surface area (Å²) in [6, 6.07) is 4.10. The molecule has 3 N–H and O–H groups in total. The van der Waals surface area contributed by atoms with Crippen LogP contribution in [0.25, 0.3) is 0 Å². The summed E-state index contributed by atoms with van der Waals surface area (Å²) in [4.78, 5) is 13.7. The molecule has 1 amide bonds. The Morgan fingerprint density at radius 1 is 1.56 bits per heavy atom. The molecular formula is C12H16N2O3S. The molecule has 0 fully saturated rings. The highest BCUT2D eigenvalue weighted by Gasteiger charge is 2.21. The maximum atomic E-state index is 12.1. The molecule has 0 aliphatic heterocycles. The Morgan fingerprint density at radius 2 is 2.17 bits per heavy atom. The second-order valence-electron chi connectivity index (χ2n) is 3.88. The molecule has 0 bridgehead atoms. The van der Waals surface area contributed by atoms with E-state index >= 15 is 0 Å². The number of phenolic OH excluding ortho intramolecular Hbond substituents is 1. The van der Waals surface area contributed by atoms with Crippen molar-refractivity contribution in [1.82, 2.24) is 4.90 Å². The van der Waals surface area contributed by atoms with Crippen LogP contribution in [0.5, 0.6) is 11.5 Å². The van der Waals surface area contributed by atoms with Crippen molar-refractivity contribution in [3.05, 3.63) is 23.8 Å². The van der Waals surface area contributed by atoms with Crippen LogP contribution in [-0.4, -0.2) is 41.1 Å². The maximum Gasteiger partial charge on any atom is 0.257 e. The first-order valence-corrected chi connectivity index (χ1v) is 5.72. The van der Waals surface area contributed by atoms with Gasteiger partial charge in [-0.1, -0.05) is 12.2 Å². The molecule has 0 spiro atoms. The Bertz CT molecular complexity index is 476. The number of rotatable bonds is 4. The molecule has 1 aromatic rings. The number of benzene rings is 1. The lowest BCUT2D eigenvalue weighted by atomic mass is 10.1. The number of nitrogens with zero attached hydrogens (tertiary/aromatic N) is 1. The molecule has 0 saturated heterocycles. The van der Waals surface area contributed by atoms with Gasteiger partial charge in [0, 0.05) is 13.1 Å². The Labute approximate surface area is 111 Å². The number of methoxy groups -OCH3 is 1. The van der Waals surface area contributed by atoms with Gasteiger partial charge < -0.3 is 20.5 Å². The van der Waals surface area contributed by atoms with E-state index < -0.39 is 0 Å². The highest BCUT2D eigenvalue weighted by Crippen LogP contribution is 2.24. The molecule has 98 valence electrons. The lowest BCUT2D eigenvalue weighted by molar-refractivity contribution is 0.0776. The fourth-order valence-electron chi connectivity index (χ4n) is 1.38. The van der Waals surface area contributed by atoms with Gasteiger partial charge in [0.25, 0.3) is 5.91 Å². The molecule has 0 aliphatic carbocycles. The summed E-state index contributed by atoms with van der Waals surface area (Å²) in [5, 5.41) is 9.77. The van der Waals surface area contributed by atoms with Crippen molar-refractivity contribution >= 4 is 23.1 Å². The van der Waals surface area contributed by atoms with Crippen LogP contribution in [0.1, 0.15) is 17.3 Å². The fraction of sp³-hybridized carbons (Fsp3) is 0.333. The van der Waals surface area contributed by atoms with Crippen molar-refractivity contribution in [3.63, 3.8) is 0 Å². The van der Waals surface area contributed by atoms with Crippen LogP contribution < -0.4 is 10.5 Å². The highest BCUT2D eigenvalue weighted by atomic mass is 32.1. The van der Waals surface area contributed by atoms with Gasteiger partial charge in [0.1, 0.15) is 11.5 Å². The SMILES string of the molecule is COc1ccc(C(=O)N(C)C(C)C(N)=S)c(O)c1. The van der Waals surface area contributed by atoms with Gasteiger partial charge in [-0.3, -0.25) is 4.79 Å². The topological polar surface area (TPSA) is 75.8 Å². The summed E-state index contributed by atoms with van der Waals surface area (Å²) in [7, 11) is 3.06. The molecule has 1 rings (SSSR count). The van der Waals surface area contributed by atoms with Gasteiger partial charge in [-0.05, 0) is 19.1 Å². The Hall–Kier alpha value is -1.82. The van der Waals surface area contributed by atoms with E-state index in [-0.39, 0.29) is 28.3 Å². The number of thiocarbonyl (C=S) groups is 1. The van der Waals surface area contributed by atoms with Crippen LogP contribution in [0.15, 0.2) is 18.2 Å². The summed E-state index contributed by atoms with van der Waals surface area (Å²) in [6.07, 6.45) is 0. The van der Waals surface area contributed by atoms with Gasteiger partial charge in [-0.25, -0.2) is 0 Å². The van der Waals surface area contributed by atoms with Crippen molar-refractivity contribution in [2.45, 2.75) is 13.0 Å². The second kappa shape index (κ2) is 5.68. The maximum absolute atomic E-state index is 12.1. The number of carbonyl (C=O) groups is 1.